The van der Waals surface area contributed by atoms with Gasteiger partial charge in [0.15, 0.2) is 5.82 Å². The lowest BCUT2D eigenvalue weighted by molar-refractivity contribution is 1.14. The summed E-state index contributed by atoms with van der Waals surface area (Å²) in [6, 6.07) is 8.45. The highest BCUT2D eigenvalue weighted by Gasteiger charge is 2.10. The van der Waals surface area contributed by atoms with E-state index in [0.717, 1.165) is 0 Å². The smallest absolute Gasteiger partial charge is 0.259 e. The van der Waals surface area contributed by atoms with Gasteiger partial charge in [-0.2, -0.15) is 0 Å². The van der Waals surface area contributed by atoms with Crippen molar-refractivity contribution >= 4 is 34.1 Å². The molecular weight excluding hydrogens is 285 g/mol. The predicted molar refractivity (Wildman–Crippen MR) is 75.6 cm³/mol. The number of rotatable bonds is 1. The van der Waals surface area contributed by atoms with E-state index < -0.39 is 0 Å². The van der Waals surface area contributed by atoms with Crippen LogP contribution in [-0.2, 0) is 0 Å². The molecule has 1 aromatic carbocycles. The third-order valence-electron chi connectivity index (χ3n) is 2.64. The summed E-state index contributed by atoms with van der Waals surface area (Å²) in [6.45, 7) is 0. The Labute approximate surface area is 118 Å². The van der Waals surface area contributed by atoms with E-state index in [1.165, 1.54) is 6.07 Å². The van der Waals surface area contributed by atoms with E-state index in [1.807, 2.05) is 6.07 Å². The van der Waals surface area contributed by atoms with Crippen molar-refractivity contribution in [3.8, 4) is 11.5 Å². The third kappa shape index (κ3) is 2.20. The van der Waals surface area contributed by atoms with Crippen molar-refractivity contribution in [1.29, 1.82) is 0 Å². The molecule has 19 heavy (non-hydrogen) atoms. The van der Waals surface area contributed by atoms with Gasteiger partial charge in [-0.1, -0.05) is 29.3 Å². The van der Waals surface area contributed by atoms with Crippen molar-refractivity contribution in [3.63, 3.8) is 0 Å². The first kappa shape index (κ1) is 12.1. The van der Waals surface area contributed by atoms with Crippen molar-refractivity contribution in [2.75, 3.05) is 0 Å². The number of hydrogen-bond acceptors (Lipinski definition) is 3. The van der Waals surface area contributed by atoms with Crippen molar-refractivity contribution < 1.29 is 0 Å². The van der Waals surface area contributed by atoms with Crippen LogP contribution in [0.2, 0.25) is 10.0 Å². The van der Waals surface area contributed by atoms with Gasteiger partial charge in [0.2, 0.25) is 0 Å². The molecule has 3 aromatic rings. The molecule has 0 radical (unpaired) electrons. The minimum atomic E-state index is -0.296. The molecular formula is C13H7Cl2N3O. The molecule has 0 atom stereocenters. The summed E-state index contributed by atoms with van der Waals surface area (Å²) in [6.07, 6.45) is 1.63. The molecule has 1 N–H and O–H groups in total. The van der Waals surface area contributed by atoms with Gasteiger partial charge >= 0.3 is 0 Å². The van der Waals surface area contributed by atoms with Crippen LogP contribution >= 0.6 is 23.2 Å². The van der Waals surface area contributed by atoms with Crippen LogP contribution in [0.3, 0.4) is 0 Å². The van der Waals surface area contributed by atoms with Gasteiger partial charge in [-0.05, 0) is 24.3 Å². The molecule has 0 spiro atoms. The minimum Gasteiger partial charge on any atom is -0.305 e. The summed E-state index contributed by atoms with van der Waals surface area (Å²) in [7, 11) is 0. The fraction of sp³-hybridized carbons (Fsp3) is 0. The predicted octanol–water partition coefficient (Wildman–Crippen LogP) is 3.29. The number of benzene rings is 1. The number of halogens is 2. The maximum absolute atomic E-state index is 12.0. The van der Waals surface area contributed by atoms with E-state index in [1.54, 1.807) is 24.4 Å². The Morgan fingerprint density at radius 3 is 2.74 bits per heavy atom. The summed E-state index contributed by atoms with van der Waals surface area (Å²) in [5.41, 5.74) is 0.693. The van der Waals surface area contributed by atoms with Crippen molar-refractivity contribution in [1.82, 2.24) is 15.0 Å². The Bertz CT molecular complexity index is 815. The Hall–Kier alpha value is -1.91. The average molecular weight is 292 g/mol. The van der Waals surface area contributed by atoms with Gasteiger partial charge in [-0.15, -0.1) is 0 Å². The van der Waals surface area contributed by atoms with Crippen molar-refractivity contribution in [3.05, 3.63) is 56.9 Å². The van der Waals surface area contributed by atoms with Crippen LogP contribution in [0.4, 0.5) is 0 Å². The minimum absolute atomic E-state index is 0.296. The fourth-order valence-corrected chi connectivity index (χ4v) is 2.33. The highest BCUT2D eigenvalue weighted by atomic mass is 35.5. The average Bonchev–Trinajstić information content (AvgIpc) is 2.41. The molecule has 0 unspecified atom stereocenters. The molecule has 0 aliphatic heterocycles. The van der Waals surface area contributed by atoms with E-state index in [-0.39, 0.29) is 5.56 Å². The van der Waals surface area contributed by atoms with Gasteiger partial charge in [0.25, 0.3) is 5.56 Å². The van der Waals surface area contributed by atoms with Crippen LogP contribution in [0.25, 0.3) is 22.4 Å². The summed E-state index contributed by atoms with van der Waals surface area (Å²) >= 11 is 11.9. The van der Waals surface area contributed by atoms with Gasteiger partial charge < -0.3 is 4.98 Å². The molecule has 0 saturated heterocycles. The Morgan fingerprint density at radius 2 is 2.00 bits per heavy atom. The van der Waals surface area contributed by atoms with E-state index in [9.17, 15) is 4.79 Å². The lowest BCUT2D eigenvalue weighted by Gasteiger charge is -2.04. The molecule has 2 aromatic heterocycles. The number of nitrogens with one attached hydrogen (secondary N) is 1. The normalized spacial score (nSPS) is 10.8. The summed E-state index contributed by atoms with van der Waals surface area (Å²) < 4.78 is 0. The SMILES string of the molecule is O=c1[nH]c(-c2ccccn2)nc2c(Cl)cc(Cl)cc12. The van der Waals surface area contributed by atoms with Crippen LogP contribution in [0.15, 0.2) is 41.3 Å². The van der Waals surface area contributed by atoms with E-state index in [4.69, 9.17) is 23.2 Å². The molecule has 3 rings (SSSR count). The topological polar surface area (TPSA) is 58.6 Å². The fourth-order valence-electron chi connectivity index (χ4n) is 1.79. The molecule has 0 amide bonds. The maximum Gasteiger partial charge on any atom is 0.259 e. The molecule has 0 aliphatic carbocycles. The number of fused-ring (bicyclic) bond motifs is 1. The van der Waals surface area contributed by atoms with E-state index in [0.29, 0.717) is 32.5 Å². The molecule has 0 aliphatic rings. The van der Waals surface area contributed by atoms with Crippen molar-refractivity contribution in [2.45, 2.75) is 0 Å². The van der Waals surface area contributed by atoms with Crippen LogP contribution < -0.4 is 5.56 Å². The highest BCUT2D eigenvalue weighted by molar-refractivity contribution is 6.38. The van der Waals surface area contributed by atoms with Crippen LogP contribution in [-0.4, -0.2) is 15.0 Å². The summed E-state index contributed by atoms with van der Waals surface area (Å²) in [4.78, 5) is 23.2. The molecule has 94 valence electrons. The zero-order valence-corrected chi connectivity index (χ0v) is 11.0. The molecule has 0 saturated carbocycles. The zero-order chi connectivity index (χ0) is 13.4. The van der Waals surface area contributed by atoms with Gasteiger partial charge in [0, 0.05) is 11.2 Å². The first-order valence-electron chi connectivity index (χ1n) is 5.45. The first-order chi connectivity index (χ1) is 9.15. The Kier molecular flexibility index (Phi) is 2.97. The molecule has 0 fully saturated rings. The molecule has 2 heterocycles. The van der Waals surface area contributed by atoms with Crippen LogP contribution in [0.5, 0.6) is 0 Å². The van der Waals surface area contributed by atoms with Gasteiger partial charge in [-0.25, -0.2) is 4.98 Å². The van der Waals surface area contributed by atoms with Crippen LogP contribution in [0, 0.1) is 0 Å². The lowest BCUT2D eigenvalue weighted by Crippen LogP contribution is -2.10. The Morgan fingerprint density at radius 1 is 1.16 bits per heavy atom. The number of nitrogens with zero attached hydrogens (tertiary/aromatic N) is 2. The highest BCUT2D eigenvalue weighted by Crippen LogP contribution is 2.25. The van der Waals surface area contributed by atoms with Gasteiger partial charge in [0.05, 0.1) is 15.9 Å². The summed E-state index contributed by atoms with van der Waals surface area (Å²) in [5, 5.41) is 1.10. The largest absolute Gasteiger partial charge is 0.305 e. The molecule has 0 bridgehead atoms. The second-order valence-electron chi connectivity index (χ2n) is 3.91. The monoisotopic (exact) mass is 291 g/mol. The number of aromatic amines is 1. The summed E-state index contributed by atoms with van der Waals surface area (Å²) in [5.74, 6) is 0.377. The molecule has 4 nitrogen and oxygen atoms in total. The number of pyridine rings is 1. The second-order valence-corrected chi connectivity index (χ2v) is 4.76. The number of H-pyrrole nitrogens is 1. The zero-order valence-electron chi connectivity index (χ0n) is 9.52. The van der Waals surface area contributed by atoms with Crippen molar-refractivity contribution in [2.24, 2.45) is 0 Å². The van der Waals surface area contributed by atoms with Crippen LogP contribution in [0.1, 0.15) is 0 Å². The second kappa shape index (κ2) is 4.64. The molecule has 6 heteroatoms. The van der Waals surface area contributed by atoms with Gasteiger partial charge in [0.1, 0.15) is 5.69 Å². The standard InChI is InChI=1S/C13H7Cl2N3O/c14-7-5-8-11(9(15)6-7)17-12(18-13(8)19)10-3-1-2-4-16-10/h1-6H,(H,17,18,19). The van der Waals surface area contributed by atoms with E-state index >= 15 is 0 Å². The number of hydrogen-bond donors (Lipinski definition) is 1. The van der Waals surface area contributed by atoms with E-state index in [2.05, 4.69) is 15.0 Å². The first-order valence-corrected chi connectivity index (χ1v) is 6.21. The lowest BCUT2D eigenvalue weighted by atomic mass is 10.2. The van der Waals surface area contributed by atoms with Gasteiger partial charge in [-0.3, -0.25) is 9.78 Å². The quantitative estimate of drug-likeness (QED) is 0.748. The third-order valence-corrected chi connectivity index (χ3v) is 3.14. The maximum atomic E-state index is 12.0. The number of aromatic nitrogens is 3. The Balaban J connectivity index is 2.34.